The van der Waals surface area contributed by atoms with Crippen molar-refractivity contribution in [2.45, 2.75) is 13.1 Å². The highest BCUT2D eigenvalue weighted by Gasteiger charge is 2.15. The molecule has 0 fully saturated rings. The lowest BCUT2D eigenvalue weighted by atomic mass is 10.2. The number of hydrogen-bond donors (Lipinski definition) is 1. The molecule has 4 rings (SSSR count). The Morgan fingerprint density at radius 3 is 2.78 bits per heavy atom. The van der Waals surface area contributed by atoms with E-state index in [1.165, 1.54) is 12.1 Å². The minimum Gasteiger partial charge on any atom is -0.350 e. The number of thiophene rings is 1. The number of benzene rings is 2. The van der Waals surface area contributed by atoms with Gasteiger partial charge in [-0.1, -0.05) is 34.1 Å². The van der Waals surface area contributed by atoms with Crippen LogP contribution in [0.1, 0.15) is 5.56 Å². The Bertz CT molecular complexity index is 1100. The van der Waals surface area contributed by atoms with Crippen LogP contribution in [0.2, 0.25) is 0 Å². The lowest BCUT2D eigenvalue weighted by Gasteiger charge is -2.11. The van der Waals surface area contributed by atoms with E-state index in [9.17, 15) is 9.18 Å². The van der Waals surface area contributed by atoms with Crippen molar-refractivity contribution in [2.24, 2.45) is 0 Å². The molecule has 0 unspecified atom stereocenters. The Hall–Kier alpha value is -2.44. The highest BCUT2D eigenvalue weighted by Crippen LogP contribution is 2.31. The fourth-order valence-electron chi connectivity index (χ4n) is 3.09. The maximum absolute atomic E-state index is 13.6. The molecule has 0 bridgehead atoms. The predicted octanol–water partition coefficient (Wildman–Crippen LogP) is 5.59. The first-order chi connectivity index (χ1) is 13.1. The van der Waals surface area contributed by atoms with Crippen molar-refractivity contribution in [2.75, 3.05) is 0 Å². The summed E-state index contributed by atoms with van der Waals surface area (Å²) in [7, 11) is 0. The van der Waals surface area contributed by atoms with Crippen molar-refractivity contribution < 1.29 is 9.18 Å². The van der Waals surface area contributed by atoms with Crippen LogP contribution in [0.15, 0.2) is 70.5 Å². The zero-order chi connectivity index (χ0) is 18.8. The molecule has 1 amide bonds. The number of carbonyl (C=O) groups is 1. The van der Waals surface area contributed by atoms with Crippen LogP contribution in [0.4, 0.5) is 4.39 Å². The normalized spacial score (nSPS) is 11.0. The topological polar surface area (TPSA) is 34.0 Å². The van der Waals surface area contributed by atoms with Gasteiger partial charge in [0, 0.05) is 21.9 Å². The fourth-order valence-corrected chi connectivity index (χ4v) is 4.29. The lowest BCUT2D eigenvalue weighted by Crippen LogP contribution is -2.27. The number of aromatic nitrogens is 1. The van der Waals surface area contributed by atoms with Crippen LogP contribution in [-0.4, -0.2) is 10.5 Å². The van der Waals surface area contributed by atoms with E-state index in [0.29, 0.717) is 6.54 Å². The molecule has 6 heteroatoms. The molecule has 0 aliphatic carbocycles. The average Bonchev–Trinajstić information content (AvgIpc) is 3.28. The molecule has 0 radical (unpaired) electrons. The van der Waals surface area contributed by atoms with Gasteiger partial charge in [0.15, 0.2) is 0 Å². The van der Waals surface area contributed by atoms with Crippen LogP contribution < -0.4 is 5.32 Å². The first-order valence-corrected chi connectivity index (χ1v) is 10.1. The second kappa shape index (κ2) is 7.66. The highest BCUT2D eigenvalue weighted by atomic mass is 79.9. The Labute approximate surface area is 168 Å². The molecule has 3 nitrogen and oxygen atoms in total. The van der Waals surface area contributed by atoms with E-state index < -0.39 is 0 Å². The van der Waals surface area contributed by atoms with E-state index in [4.69, 9.17) is 0 Å². The van der Waals surface area contributed by atoms with E-state index in [2.05, 4.69) is 21.2 Å². The highest BCUT2D eigenvalue weighted by molar-refractivity contribution is 9.10. The van der Waals surface area contributed by atoms with Crippen LogP contribution in [0, 0.1) is 5.82 Å². The minimum atomic E-state index is -0.281. The fraction of sp³-hybridized carbons (Fsp3) is 0.0952. The number of rotatable bonds is 5. The molecule has 136 valence electrons. The zero-order valence-corrected chi connectivity index (χ0v) is 16.7. The molecule has 4 aromatic rings. The second-order valence-electron chi connectivity index (χ2n) is 6.20. The summed E-state index contributed by atoms with van der Waals surface area (Å²) in [6.45, 7) is 0.636. The lowest BCUT2D eigenvalue weighted by molar-refractivity contribution is -0.121. The number of hydrogen-bond acceptors (Lipinski definition) is 2. The number of nitrogens with one attached hydrogen (secondary N) is 1. The molecule has 0 saturated heterocycles. The van der Waals surface area contributed by atoms with Crippen LogP contribution in [0.25, 0.3) is 21.5 Å². The van der Waals surface area contributed by atoms with Gasteiger partial charge in [0.05, 0.1) is 10.6 Å². The van der Waals surface area contributed by atoms with Gasteiger partial charge in [-0.25, -0.2) is 4.39 Å². The number of carbonyl (C=O) groups excluding carboxylic acids is 1. The van der Waals surface area contributed by atoms with Gasteiger partial charge >= 0.3 is 0 Å². The smallest absolute Gasteiger partial charge is 0.240 e. The van der Waals surface area contributed by atoms with E-state index in [1.807, 2.05) is 52.4 Å². The first-order valence-electron chi connectivity index (χ1n) is 8.44. The summed E-state index contributed by atoms with van der Waals surface area (Å²) in [5, 5.41) is 5.74. The standard InChI is InChI=1S/C21H16BrFN2OS/c22-16-4-1-3-14(9-16)12-24-21(26)13-25-18-7-6-17(23)10-15(18)11-19(25)20-5-2-8-27-20/h1-11H,12-13H2,(H,24,26). The molecule has 2 aromatic carbocycles. The van der Waals surface area contributed by atoms with Crippen molar-refractivity contribution in [3.8, 4) is 10.6 Å². The van der Waals surface area contributed by atoms with E-state index in [1.54, 1.807) is 17.4 Å². The predicted molar refractivity (Wildman–Crippen MR) is 111 cm³/mol. The number of fused-ring (bicyclic) bond motifs is 1. The Morgan fingerprint density at radius 1 is 1.11 bits per heavy atom. The maximum atomic E-state index is 13.6. The Morgan fingerprint density at radius 2 is 2.00 bits per heavy atom. The summed E-state index contributed by atoms with van der Waals surface area (Å²) in [6.07, 6.45) is 0. The summed E-state index contributed by atoms with van der Waals surface area (Å²) in [6, 6.07) is 18.4. The largest absolute Gasteiger partial charge is 0.350 e. The van der Waals surface area contributed by atoms with Gasteiger partial charge < -0.3 is 9.88 Å². The van der Waals surface area contributed by atoms with Crippen molar-refractivity contribution in [1.82, 2.24) is 9.88 Å². The molecule has 2 aromatic heterocycles. The third-order valence-corrected chi connectivity index (χ3v) is 5.70. The summed E-state index contributed by atoms with van der Waals surface area (Å²) < 4.78 is 16.6. The molecular formula is C21H16BrFN2OS. The van der Waals surface area contributed by atoms with Gasteiger partial charge in [-0.2, -0.15) is 0 Å². The monoisotopic (exact) mass is 442 g/mol. The molecule has 0 saturated carbocycles. The summed E-state index contributed by atoms with van der Waals surface area (Å²) >= 11 is 5.03. The summed E-state index contributed by atoms with van der Waals surface area (Å²) in [5.41, 5.74) is 2.79. The van der Waals surface area contributed by atoms with Gasteiger partial charge in [-0.15, -0.1) is 11.3 Å². The van der Waals surface area contributed by atoms with Crippen molar-refractivity contribution >= 4 is 44.1 Å². The third-order valence-electron chi connectivity index (χ3n) is 4.32. The van der Waals surface area contributed by atoms with Crippen LogP contribution >= 0.6 is 27.3 Å². The third kappa shape index (κ3) is 3.96. The van der Waals surface area contributed by atoms with Gasteiger partial charge in [0.1, 0.15) is 12.4 Å². The van der Waals surface area contributed by atoms with Gasteiger partial charge in [-0.05, 0) is 53.4 Å². The Balaban J connectivity index is 1.60. The van der Waals surface area contributed by atoms with Crippen LogP contribution in [-0.2, 0) is 17.9 Å². The minimum absolute atomic E-state index is 0.0883. The average molecular weight is 443 g/mol. The molecule has 0 aliphatic rings. The zero-order valence-electron chi connectivity index (χ0n) is 14.3. The van der Waals surface area contributed by atoms with E-state index >= 15 is 0 Å². The quantitative estimate of drug-likeness (QED) is 0.429. The van der Waals surface area contributed by atoms with E-state index in [-0.39, 0.29) is 18.3 Å². The van der Waals surface area contributed by atoms with Crippen molar-refractivity contribution in [3.05, 3.63) is 81.9 Å². The first kappa shape index (κ1) is 17.9. The number of halogens is 2. The molecular weight excluding hydrogens is 427 g/mol. The molecule has 1 N–H and O–H groups in total. The van der Waals surface area contributed by atoms with Crippen LogP contribution in [0.5, 0.6) is 0 Å². The van der Waals surface area contributed by atoms with Crippen molar-refractivity contribution in [3.63, 3.8) is 0 Å². The second-order valence-corrected chi connectivity index (χ2v) is 8.07. The van der Waals surface area contributed by atoms with Gasteiger partial charge in [0.2, 0.25) is 5.91 Å². The Kier molecular flexibility index (Phi) is 5.09. The molecule has 0 spiro atoms. The SMILES string of the molecule is O=C(Cn1c(-c2cccs2)cc2cc(F)ccc21)NCc1cccc(Br)c1. The summed E-state index contributed by atoms with van der Waals surface area (Å²) in [5.74, 6) is -0.369. The van der Waals surface area contributed by atoms with Crippen LogP contribution in [0.3, 0.4) is 0 Å². The van der Waals surface area contributed by atoms with E-state index in [0.717, 1.165) is 31.5 Å². The van der Waals surface area contributed by atoms with Crippen molar-refractivity contribution in [1.29, 1.82) is 0 Å². The van der Waals surface area contributed by atoms with Gasteiger partial charge in [0.25, 0.3) is 0 Å². The molecule has 0 atom stereocenters. The molecule has 0 aliphatic heterocycles. The molecule has 2 heterocycles. The maximum Gasteiger partial charge on any atom is 0.240 e. The number of nitrogens with zero attached hydrogens (tertiary/aromatic N) is 1. The summed E-state index contributed by atoms with van der Waals surface area (Å²) in [4.78, 5) is 13.6. The van der Waals surface area contributed by atoms with Gasteiger partial charge in [-0.3, -0.25) is 4.79 Å². The molecule has 27 heavy (non-hydrogen) atoms. The number of amides is 1.